The van der Waals surface area contributed by atoms with Crippen LogP contribution >= 0.6 is 23.2 Å². The summed E-state index contributed by atoms with van der Waals surface area (Å²) in [5.74, 6) is -0.835. The third-order valence-electron chi connectivity index (χ3n) is 3.32. The number of aromatic nitrogens is 2. The van der Waals surface area contributed by atoms with Gasteiger partial charge in [0.25, 0.3) is 0 Å². The number of carbonyl (C=O) groups is 2. The van der Waals surface area contributed by atoms with Crippen LogP contribution in [-0.2, 0) is 9.53 Å². The van der Waals surface area contributed by atoms with Crippen molar-refractivity contribution in [2.24, 2.45) is 0 Å². The van der Waals surface area contributed by atoms with Crippen LogP contribution in [0, 0.1) is 13.8 Å². The van der Waals surface area contributed by atoms with E-state index < -0.39 is 5.97 Å². The summed E-state index contributed by atoms with van der Waals surface area (Å²) in [6.45, 7) is 3.69. The van der Waals surface area contributed by atoms with Gasteiger partial charge < -0.3 is 10.1 Å². The summed E-state index contributed by atoms with van der Waals surface area (Å²) >= 11 is 12.2. The normalized spacial score (nSPS) is 10.4. The van der Waals surface area contributed by atoms with E-state index in [0.717, 1.165) is 5.56 Å². The molecule has 1 N–H and O–H groups in total. The van der Waals surface area contributed by atoms with Gasteiger partial charge in [-0.05, 0) is 31.9 Å². The van der Waals surface area contributed by atoms with Crippen LogP contribution < -0.4 is 5.32 Å². The molecular formula is C17H17Cl2N3O3. The molecule has 0 radical (unpaired) electrons. The molecule has 132 valence electrons. The van der Waals surface area contributed by atoms with E-state index in [1.165, 1.54) is 12.4 Å². The zero-order chi connectivity index (χ0) is 18.4. The number of amides is 1. The number of nitrogens with one attached hydrogen (secondary N) is 1. The second kappa shape index (κ2) is 8.78. The van der Waals surface area contributed by atoms with Gasteiger partial charge in [0.1, 0.15) is 0 Å². The maximum atomic E-state index is 12.0. The molecular weight excluding hydrogens is 365 g/mol. The Labute approximate surface area is 155 Å². The lowest BCUT2D eigenvalue weighted by atomic mass is 10.2. The average molecular weight is 382 g/mol. The number of hydrogen-bond donors (Lipinski definition) is 1. The first kappa shape index (κ1) is 19.1. The van der Waals surface area contributed by atoms with Crippen molar-refractivity contribution in [2.45, 2.75) is 26.7 Å². The minimum atomic E-state index is -0.572. The molecule has 0 aliphatic heterocycles. The summed E-state index contributed by atoms with van der Waals surface area (Å²) in [6.07, 6.45) is 3.36. The molecule has 8 heteroatoms. The molecule has 1 amide bonds. The number of hydrogen-bond acceptors (Lipinski definition) is 5. The molecule has 25 heavy (non-hydrogen) atoms. The van der Waals surface area contributed by atoms with Gasteiger partial charge >= 0.3 is 5.97 Å². The second-order valence-corrected chi connectivity index (χ2v) is 6.17. The van der Waals surface area contributed by atoms with Gasteiger partial charge in [0.15, 0.2) is 5.69 Å². The Morgan fingerprint density at radius 1 is 1.16 bits per heavy atom. The van der Waals surface area contributed by atoms with E-state index in [4.69, 9.17) is 27.9 Å². The lowest BCUT2D eigenvalue weighted by Gasteiger charge is -2.11. The van der Waals surface area contributed by atoms with Crippen LogP contribution in [0.1, 0.15) is 34.6 Å². The van der Waals surface area contributed by atoms with Gasteiger partial charge in [-0.25, -0.2) is 9.78 Å². The molecule has 0 saturated carbocycles. The smallest absolute Gasteiger partial charge is 0.358 e. The first-order chi connectivity index (χ1) is 11.9. The van der Waals surface area contributed by atoms with Gasteiger partial charge in [-0.15, -0.1) is 0 Å². The molecule has 1 aromatic heterocycles. The Morgan fingerprint density at radius 2 is 1.92 bits per heavy atom. The largest absolute Gasteiger partial charge is 0.461 e. The van der Waals surface area contributed by atoms with E-state index in [1.807, 2.05) is 6.92 Å². The van der Waals surface area contributed by atoms with Gasteiger partial charge in [-0.2, -0.15) is 0 Å². The Morgan fingerprint density at radius 3 is 2.60 bits per heavy atom. The zero-order valence-corrected chi connectivity index (χ0v) is 15.3. The quantitative estimate of drug-likeness (QED) is 0.604. The summed E-state index contributed by atoms with van der Waals surface area (Å²) < 4.78 is 5.06. The third kappa shape index (κ3) is 5.41. The van der Waals surface area contributed by atoms with Crippen molar-refractivity contribution in [1.29, 1.82) is 0 Å². The first-order valence-corrected chi connectivity index (χ1v) is 8.34. The molecule has 6 nitrogen and oxygen atoms in total. The topological polar surface area (TPSA) is 81.2 Å². The predicted molar refractivity (Wildman–Crippen MR) is 96.1 cm³/mol. The molecule has 0 aliphatic carbocycles. The van der Waals surface area contributed by atoms with E-state index in [2.05, 4.69) is 15.3 Å². The maximum absolute atomic E-state index is 12.0. The highest BCUT2D eigenvalue weighted by Gasteiger charge is 2.13. The Hall–Kier alpha value is -2.18. The fourth-order valence-corrected chi connectivity index (χ4v) is 2.41. The minimum absolute atomic E-state index is 0.0943. The number of halogens is 2. The molecule has 0 unspecified atom stereocenters. The molecule has 0 fully saturated rings. The minimum Gasteiger partial charge on any atom is -0.461 e. The van der Waals surface area contributed by atoms with Gasteiger partial charge in [0.05, 0.1) is 34.2 Å². The summed E-state index contributed by atoms with van der Waals surface area (Å²) in [4.78, 5) is 31.7. The summed E-state index contributed by atoms with van der Waals surface area (Å²) in [5, 5.41) is 3.46. The molecule has 2 rings (SSSR count). The molecule has 0 atom stereocenters. The molecule has 1 heterocycles. The predicted octanol–water partition coefficient (Wildman–Crippen LogP) is 3.98. The van der Waals surface area contributed by atoms with Crippen LogP contribution in [0.4, 0.5) is 5.69 Å². The van der Waals surface area contributed by atoms with Gasteiger partial charge in [-0.3, -0.25) is 9.78 Å². The Kier molecular flexibility index (Phi) is 6.73. The summed E-state index contributed by atoms with van der Waals surface area (Å²) in [5.41, 5.74) is 2.05. The number of rotatable bonds is 6. The molecule has 0 aliphatic rings. The fourth-order valence-electron chi connectivity index (χ4n) is 1.94. The van der Waals surface area contributed by atoms with Crippen molar-refractivity contribution in [2.75, 3.05) is 11.9 Å². The number of esters is 1. The number of carbonyl (C=O) groups excluding carboxylic acids is 2. The van der Waals surface area contributed by atoms with Crippen molar-refractivity contribution >= 4 is 40.8 Å². The molecule has 1 aromatic carbocycles. The molecule has 0 spiro atoms. The first-order valence-electron chi connectivity index (χ1n) is 7.58. The number of aryl methyl sites for hydroxylation is 2. The number of nitrogens with zero attached hydrogens (tertiary/aromatic N) is 2. The average Bonchev–Trinajstić information content (AvgIpc) is 2.59. The van der Waals surface area contributed by atoms with E-state index in [9.17, 15) is 9.59 Å². The standard InChI is InChI=1S/C17H17Cl2N3O3/c1-10-5-6-12(18)16(15(10)19)22-14(23)4-3-7-25-17(24)13-9-20-11(2)8-21-13/h5-6,8-9H,3-4,7H2,1-2H3,(H,22,23). The number of anilines is 1. The van der Waals surface area contributed by atoms with Crippen LogP contribution in [0.3, 0.4) is 0 Å². The third-order valence-corrected chi connectivity index (χ3v) is 4.12. The van der Waals surface area contributed by atoms with E-state index in [-0.39, 0.29) is 24.6 Å². The lowest BCUT2D eigenvalue weighted by molar-refractivity contribution is -0.116. The van der Waals surface area contributed by atoms with Crippen molar-refractivity contribution in [3.8, 4) is 0 Å². The maximum Gasteiger partial charge on any atom is 0.358 e. The van der Waals surface area contributed by atoms with Crippen LogP contribution in [0.15, 0.2) is 24.5 Å². The van der Waals surface area contributed by atoms with Crippen LogP contribution in [-0.4, -0.2) is 28.5 Å². The van der Waals surface area contributed by atoms with Crippen LogP contribution in [0.5, 0.6) is 0 Å². The highest BCUT2D eigenvalue weighted by atomic mass is 35.5. The van der Waals surface area contributed by atoms with Crippen molar-refractivity contribution in [3.63, 3.8) is 0 Å². The highest BCUT2D eigenvalue weighted by molar-refractivity contribution is 6.40. The Balaban J connectivity index is 1.78. The van der Waals surface area contributed by atoms with Crippen LogP contribution in [0.25, 0.3) is 0 Å². The van der Waals surface area contributed by atoms with Crippen molar-refractivity contribution in [1.82, 2.24) is 9.97 Å². The Bertz CT molecular complexity index is 779. The van der Waals surface area contributed by atoms with E-state index in [0.29, 0.717) is 27.8 Å². The number of ether oxygens (including phenoxy) is 1. The van der Waals surface area contributed by atoms with Crippen molar-refractivity contribution < 1.29 is 14.3 Å². The van der Waals surface area contributed by atoms with E-state index >= 15 is 0 Å². The van der Waals surface area contributed by atoms with Gasteiger partial charge in [0.2, 0.25) is 5.91 Å². The molecule has 2 aromatic rings. The van der Waals surface area contributed by atoms with Crippen molar-refractivity contribution in [3.05, 3.63) is 51.5 Å². The lowest BCUT2D eigenvalue weighted by Crippen LogP contribution is -2.14. The second-order valence-electron chi connectivity index (χ2n) is 5.38. The molecule has 0 bridgehead atoms. The SMILES string of the molecule is Cc1cnc(C(=O)OCCCC(=O)Nc2c(Cl)ccc(C)c2Cl)cn1. The van der Waals surface area contributed by atoms with Gasteiger partial charge in [-0.1, -0.05) is 29.3 Å². The fraction of sp³-hybridized carbons (Fsp3) is 0.294. The van der Waals surface area contributed by atoms with Crippen LogP contribution in [0.2, 0.25) is 10.0 Å². The monoisotopic (exact) mass is 381 g/mol. The number of benzene rings is 1. The summed E-state index contributed by atoms with van der Waals surface area (Å²) in [7, 11) is 0. The zero-order valence-electron chi connectivity index (χ0n) is 13.8. The molecule has 0 saturated heterocycles. The van der Waals surface area contributed by atoms with Gasteiger partial charge in [0, 0.05) is 12.6 Å². The van der Waals surface area contributed by atoms with E-state index in [1.54, 1.807) is 19.1 Å². The summed E-state index contributed by atoms with van der Waals surface area (Å²) in [6, 6.07) is 3.44. The highest BCUT2D eigenvalue weighted by Crippen LogP contribution is 2.32.